The number of amides is 1. The van der Waals surface area contributed by atoms with Crippen molar-refractivity contribution in [2.45, 2.75) is 6.92 Å². The first-order valence-electron chi connectivity index (χ1n) is 7.14. The topological polar surface area (TPSA) is 94.7 Å². The van der Waals surface area contributed by atoms with Crippen LogP contribution in [0.1, 0.15) is 28.4 Å². The van der Waals surface area contributed by atoms with Gasteiger partial charge in [0.1, 0.15) is 5.82 Å². The van der Waals surface area contributed by atoms with Crippen LogP contribution in [0.2, 0.25) is 5.02 Å². The lowest BCUT2D eigenvalue weighted by Crippen LogP contribution is -2.19. The smallest absolute Gasteiger partial charge is 0.274 e. The zero-order chi connectivity index (χ0) is 18.4. The summed E-state index contributed by atoms with van der Waals surface area (Å²) in [5.74, 6) is -1.60. The standard InChI is InChI=1S/C17H13ClFN3O3/c1-2-25-15-7-11(5-13(18)16(15)23)9-21-22-17(24)12-4-3-10(8-20)6-14(12)19/h3-7,9,23H,2H2,1H3,(H,22,24)/b21-9-. The molecular formula is C17H13ClFN3O3. The Bertz CT molecular complexity index is 878. The van der Waals surface area contributed by atoms with E-state index in [2.05, 4.69) is 10.5 Å². The Morgan fingerprint density at radius 2 is 2.24 bits per heavy atom. The number of nitrogens with one attached hydrogen (secondary N) is 1. The molecule has 128 valence electrons. The van der Waals surface area contributed by atoms with Crippen LogP contribution in [0.15, 0.2) is 35.4 Å². The fourth-order valence-corrected chi connectivity index (χ4v) is 2.15. The molecule has 2 rings (SSSR count). The summed E-state index contributed by atoms with van der Waals surface area (Å²) >= 11 is 5.89. The molecule has 1 amide bonds. The third kappa shape index (κ3) is 4.46. The van der Waals surface area contributed by atoms with E-state index in [1.54, 1.807) is 13.0 Å². The van der Waals surface area contributed by atoms with Gasteiger partial charge in [-0.1, -0.05) is 11.6 Å². The molecule has 0 heterocycles. The predicted molar refractivity (Wildman–Crippen MR) is 90.5 cm³/mol. The number of halogens is 2. The van der Waals surface area contributed by atoms with Crippen LogP contribution in [0.4, 0.5) is 4.39 Å². The number of hydrogen-bond donors (Lipinski definition) is 2. The summed E-state index contributed by atoms with van der Waals surface area (Å²) in [7, 11) is 0. The molecule has 0 aromatic heterocycles. The summed E-state index contributed by atoms with van der Waals surface area (Å²) in [6, 6.07) is 8.19. The molecule has 2 aromatic rings. The van der Waals surface area contributed by atoms with E-state index >= 15 is 0 Å². The molecule has 0 aliphatic rings. The zero-order valence-electron chi connectivity index (χ0n) is 13.1. The van der Waals surface area contributed by atoms with Crippen LogP contribution in [0.5, 0.6) is 11.5 Å². The van der Waals surface area contributed by atoms with Gasteiger partial charge in [-0.15, -0.1) is 0 Å². The number of hydrazone groups is 1. The Labute approximate surface area is 148 Å². The molecule has 0 aliphatic heterocycles. The number of benzene rings is 2. The molecule has 25 heavy (non-hydrogen) atoms. The number of nitriles is 1. The molecule has 0 saturated carbocycles. The average Bonchev–Trinajstić information content (AvgIpc) is 2.59. The van der Waals surface area contributed by atoms with Crippen molar-refractivity contribution in [1.82, 2.24) is 5.43 Å². The molecule has 0 fully saturated rings. The van der Waals surface area contributed by atoms with Crippen LogP contribution < -0.4 is 10.2 Å². The van der Waals surface area contributed by atoms with Gasteiger partial charge in [0.15, 0.2) is 11.5 Å². The lowest BCUT2D eigenvalue weighted by molar-refractivity contribution is 0.0951. The first-order chi connectivity index (χ1) is 12.0. The second-order valence-corrected chi connectivity index (χ2v) is 5.20. The van der Waals surface area contributed by atoms with E-state index in [9.17, 15) is 14.3 Å². The van der Waals surface area contributed by atoms with Crippen molar-refractivity contribution in [3.63, 3.8) is 0 Å². The van der Waals surface area contributed by atoms with Gasteiger partial charge in [-0.3, -0.25) is 4.79 Å². The van der Waals surface area contributed by atoms with Gasteiger partial charge < -0.3 is 9.84 Å². The van der Waals surface area contributed by atoms with E-state index in [1.807, 2.05) is 0 Å². The molecule has 2 aromatic carbocycles. The lowest BCUT2D eigenvalue weighted by Gasteiger charge is -2.08. The summed E-state index contributed by atoms with van der Waals surface area (Å²) < 4.78 is 19.0. The predicted octanol–water partition coefficient (Wildman–Crippen LogP) is 3.22. The second-order valence-electron chi connectivity index (χ2n) is 4.79. The summed E-state index contributed by atoms with van der Waals surface area (Å²) in [4.78, 5) is 11.9. The summed E-state index contributed by atoms with van der Waals surface area (Å²) in [6.45, 7) is 2.08. The van der Waals surface area contributed by atoms with E-state index in [4.69, 9.17) is 21.6 Å². The summed E-state index contributed by atoms with van der Waals surface area (Å²) in [5, 5.41) is 22.2. The van der Waals surface area contributed by atoms with Gasteiger partial charge in [-0.25, -0.2) is 9.82 Å². The van der Waals surface area contributed by atoms with Crippen LogP contribution in [0.3, 0.4) is 0 Å². The first-order valence-corrected chi connectivity index (χ1v) is 7.52. The van der Waals surface area contributed by atoms with Crippen molar-refractivity contribution in [3.8, 4) is 17.6 Å². The third-order valence-corrected chi connectivity index (χ3v) is 3.36. The fraction of sp³-hybridized carbons (Fsp3) is 0.118. The molecule has 8 heteroatoms. The monoisotopic (exact) mass is 361 g/mol. The number of phenolic OH excluding ortho intramolecular Hbond substituents is 1. The van der Waals surface area contributed by atoms with Gasteiger partial charge in [0.25, 0.3) is 5.91 Å². The minimum absolute atomic E-state index is 0.0665. The third-order valence-electron chi connectivity index (χ3n) is 3.07. The Kier molecular flexibility index (Phi) is 5.93. The highest BCUT2D eigenvalue weighted by atomic mass is 35.5. The Morgan fingerprint density at radius 3 is 2.88 bits per heavy atom. The number of carbonyl (C=O) groups excluding carboxylic acids is 1. The van der Waals surface area contributed by atoms with E-state index in [0.29, 0.717) is 12.2 Å². The lowest BCUT2D eigenvalue weighted by atomic mass is 10.1. The summed E-state index contributed by atoms with van der Waals surface area (Å²) in [6.07, 6.45) is 1.27. The largest absolute Gasteiger partial charge is 0.503 e. The van der Waals surface area contributed by atoms with Gasteiger partial charge >= 0.3 is 0 Å². The van der Waals surface area contributed by atoms with E-state index in [-0.39, 0.29) is 27.6 Å². The molecule has 0 atom stereocenters. The quantitative estimate of drug-likeness (QED) is 0.631. The van der Waals surface area contributed by atoms with Gasteiger partial charge in [-0.2, -0.15) is 10.4 Å². The van der Waals surface area contributed by atoms with E-state index in [1.165, 1.54) is 30.5 Å². The highest BCUT2D eigenvalue weighted by Gasteiger charge is 2.12. The molecule has 0 bridgehead atoms. The number of nitrogens with zero attached hydrogens (tertiary/aromatic N) is 2. The molecule has 0 radical (unpaired) electrons. The van der Waals surface area contributed by atoms with Crippen molar-refractivity contribution in [2.75, 3.05) is 6.61 Å². The second kappa shape index (κ2) is 8.13. The van der Waals surface area contributed by atoms with Gasteiger partial charge in [0, 0.05) is 0 Å². The van der Waals surface area contributed by atoms with Crippen LogP contribution in [-0.2, 0) is 0 Å². The highest BCUT2D eigenvalue weighted by molar-refractivity contribution is 6.32. The molecule has 0 unspecified atom stereocenters. The van der Waals surface area contributed by atoms with Gasteiger partial charge in [0.05, 0.1) is 35.0 Å². The zero-order valence-corrected chi connectivity index (χ0v) is 13.8. The van der Waals surface area contributed by atoms with Crippen LogP contribution in [-0.4, -0.2) is 23.8 Å². The van der Waals surface area contributed by atoms with Gasteiger partial charge in [0.2, 0.25) is 0 Å². The van der Waals surface area contributed by atoms with Gasteiger partial charge in [-0.05, 0) is 42.8 Å². The minimum Gasteiger partial charge on any atom is -0.503 e. The van der Waals surface area contributed by atoms with Crippen molar-refractivity contribution in [3.05, 3.63) is 57.9 Å². The van der Waals surface area contributed by atoms with E-state index in [0.717, 1.165) is 6.07 Å². The molecule has 0 aliphatic carbocycles. The number of ether oxygens (including phenoxy) is 1. The molecule has 0 spiro atoms. The number of hydrogen-bond acceptors (Lipinski definition) is 5. The molecule has 2 N–H and O–H groups in total. The number of aromatic hydroxyl groups is 1. The van der Waals surface area contributed by atoms with E-state index < -0.39 is 11.7 Å². The molecule has 0 saturated heterocycles. The van der Waals surface area contributed by atoms with Crippen molar-refractivity contribution in [1.29, 1.82) is 5.26 Å². The molecular weight excluding hydrogens is 349 g/mol. The van der Waals surface area contributed by atoms with Crippen molar-refractivity contribution < 1.29 is 19.0 Å². The number of phenols is 1. The highest BCUT2D eigenvalue weighted by Crippen LogP contribution is 2.34. The maximum atomic E-state index is 13.7. The Morgan fingerprint density at radius 1 is 1.48 bits per heavy atom. The van der Waals surface area contributed by atoms with Crippen LogP contribution >= 0.6 is 11.6 Å². The Hall–Kier alpha value is -3.11. The maximum absolute atomic E-state index is 13.7. The SMILES string of the molecule is CCOc1cc(/C=N\NC(=O)c2ccc(C#N)cc2F)cc(Cl)c1O. The fourth-order valence-electron chi connectivity index (χ4n) is 1.93. The first kappa shape index (κ1) is 18.2. The normalized spacial score (nSPS) is 10.5. The minimum atomic E-state index is -0.821. The maximum Gasteiger partial charge on any atom is 0.274 e. The van der Waals surface area contributed by atoms with Crippen LogP contribution in [0, 0.1) is 17.1 Å². The Balaban J connectivity index is 2.13. The molecule has 6 nitrogen and oxygen atoms in total. The van der Waals surface area contributed by atoms with Crippen molar-refractivity contribution in [2.24, 2.45) is 5.10 Å². The van der Waals surface area contributed by atoms with Crippen LogP contribution in [0.25, 0.3) is 0 Å². The number of carbonyl (C=O) groups is 1. The van der Waals surface area contributed by atoms with Crippen molar-refractivity contribution >= 4 is 23.7 Å². The summed E-state index contributed by atoms with van der Waals surface area (Å²) in [5.41, 5.74) is 2.51. The number of rotatable bonds is 5. The average molecular weight is 362 g/mol.